The Hall–Kier alpha value is -3.53. The lowest BCUT2D eigenvalue weighted by atomic mass is 10.1. The summed E-state index contributed by atoms with van der Waals surface area (Å²) in [6.45, 7) is 5.49. The van der Waals surface area contributed by atoms with Crippen molar-refractivity contribution in [1.82, 2.24) is 10.6 Å². The van der Waals surface area contributed by atoms with E-state index in [4.69, 9.17) is 5.11 Å². The van der Waals surface area contributed by atoms with Crippen molar-refractivity contribution in [2.24, 2.45) is 4.99 Å². The van der Waals surface area contributed by atoms with Crippen LogP contribution in [0.1, 0.15) is 22.8 Å². The zero-order valence-electron chi connectivity index (χ0n) is 17.0. The number of amides is 1. The number of rotatable bonds is 8. The average molecular weight is 436 g/mol. The molecule has 0 atom stereocenters. The van der Waals surface area contributed by atoms with Crippen molar-refractivity contribution in [3.8, 4) is 5.75 Å². The number of aliphatic hydroxyl groups is 1. The number of aliphatic imine (C=N–C) groups is 1. The highest BCUT2D eigenvalue weighted by molar-refractivity contribution is 6.07. The topological polar surface area (TPSA) is 95.0 Å². The molecule has 4 N–H and O–H groups in total. The second-order valence-electron chi connectivity index (χ2n) is 6.40. The molecule has 0 fully saturated rings. The molecule has 0 unspecified atom stereocenters. The Morgan fingerprint density at radius 3 is 2.42 bits per heavy atom. The van der Waals surface area contributed by atoms with Gasteiger partial charge in [0.15, 0.2) is 0 Å². The summed E-state index contributed by atoms with van der Waals surface area (Å²) in [5.74, 6) is -0.317. The molecule has 0 aliphatic heterocycles. The lowest BCUT2D eigenvalue weighted by Crippen LogP contribution is -2.27. The van der Waals surface area contributed by atoms with Crippen molar-refractivity contribution in [2.45, 2.75) is 13.3 Å². The van der Waals surface area contributed by atoms with Gasteiger partial charge in [-0.2, -0.15) is 0 Å². The van der Waals surface area contributed by atoms with E-state index < -0.39 is 6.36 Å². The van der Waals surface area contributed by atoms with E-state index in [1.54, 1.807) is 32.2 Å². The highest BCUT2D eigenvalue weighted by Gasteiger charge is 2.30. The van der Waals surface area contributed by atoms with E-state index in [2.05, 4.69) is 32.3 Å². The van der Waals surface area contributed by atoms with E-state index >= 15 is 0 Å². The molecular weight excluding hydrogens is 413 g/mol. The molecule has 0 heterocycles. The largest absolute Gasteiger partial charge is 0.573 e. The highest BCUT2D eigenvalue weighted by Crippen LogP contribution is 2.26. The Morgan fingerprint density at radius 2 is 1.87 bits per heavy atom. The number of nitrogens with zero attached hydrogens (tertiary/aromatic N) is 1. The number of halogens is 3. The van der Waals surface area contributed by atoms with Crippen LogP contribution in [0.15, 0.2) is 59.7 Å². The SMILES string of the molecule is C=C(C)NC(=Nc1ccc(OC(F)(F)F)cc1)c1ccc(C(=O)NCCO)cc1NC. The number of ether oxygens (including phenoxy) is 1. The maximum Gasteiger partial charge on any atom is 0.573 e. The second-order valence-corrected chi connectivity index (χ2v) is 6.40. The van der Waals surface area contributed by atoms with E-state index in [0.29, 0.717) is 34.0 Å². The summed E-state index contributed by atoms with van der Waals surface area (Å²) in [6.07, 6.45) is -4.77. The minimum Gasteiger partial charge on any atom is -0.406 e. The molecule has 166 valence electrons. The van der Waals surface area contributed by atoms with Crippen LogP contribution in [-0.2, 0) is 0 Å². The summed E-state index contributed by atoms with van der Waals surface area (Å²) in [4.78, 5) is 16.6. The summed E-state index contributed by atoms with van der Waals surface area (Å²) < 4.78 is 40.9. The number of nitrogens with one attached hydrogen (secondary N) is 3. The van der Waals surface area contributed by atoms with Crippen molar-refractivity contribution < 1.29 is 27.8 Å². The monoisotopic (exact) mass is 436 g/mol. The Morgan fingerprint density at radius 1 is 1.19 bits per heavy atom. The first-order valence-electron chi connectivity index (χ1n) is 9.21. The normalized spacial score (nSPS) is 11.6. The summed E-state index contributed by atoms with van der Waals surface area (Å²) in [7, 11) is 1.68. The first-order chi connectivity index (χ1) is 14.6. The number of hydrogen-bond acceptors (Lipinski definition) is 5. The van der Waals surface area contributed by atoms with Gasteiger partial charge in [0.25, 0.3) is 5.91 Å². The second kappa shape index (κ2) is 10.5. The van der Waals surface area contributed by atoms with Gasteiger partial charge in [0, 0.05) is 36.1 Å². The fraction of sp³-hybridized carbons (Fsp3) is 0.238. The van der Waals surface area contributed by atoms with Gasteiger partial charge < -0.3 is 25.8 Å². The van der Waals surface area contributed by atoms with Crippen LogP contribution >= 0.6 is 0 Å². The fourth-order valence-electron chi connectivity index (χ4n) is 2.58. The molecule has 2 aromatic carbocycles. The quantitative estimate of drug-likeness (QED) is 0.375. The number of anilines is 1. The minimum absolute atomic E-state index is 0.132. The Balaban J connectivity index is 2.39. The lowest BCUT2D eigenvalue weighted by molar-refractivity contribution is -0.274. The van der Waals surface area contributed by atoms with Crippen molar-refractivity contribution >= 4 is 23.1 Å². The fourth-order valence-corrected chi connectivity index (χ4v) is 2.58. The molecule has 2 aromatic rings. The van der Waals surface area contributed by atoms with E-state index in [-0.39, 0.29) is 24.8 Å². The summed E-state index contributed by atoms with van der Waals surface area (Å²) in [5, 5.41) is 17.4. The molecule has 0 saturated heterocycles. The number of benzene rings is 2. The Kier molecular flexibility index (Phi) is 8.03. The smallest absolute Gasteiger partial charge is 0.406 e. The van der Waals surface area contributed by atoms with Crippen molar-refractivity contribution in [1.29, 1.82) is 0 Å². The molecule has 0 radical (unpaired) electrons. The third-order valence-electron chi connectivity index (χ3n) is 3.85. The molecular formula is C21H23F3N4O3. The molecule has 7 nitrogen and oxygen atoms in total. The number of alkyl halides is 3. The van der Waals surface area contributed by atoms with Crippen molar-refractivity contribution in [2.75, 3.05) is 25.5 Å². The molecule has 0 bridgehead atoms. The number of carbonyl (C=O) groups excluding carboxylic acids is 1. The van der Waals surface area contributed by atoms with Gasteiger partial charge in [-0.15, -0.1) is 13.2 Å². The predicted molar refractivity (Wildman–Crippen MR) is 113 cm³/mol. The van der Waals surface area contributed by atoms with Gasteiger partial charge in [0.1, 0.15) is 11.6 Å². The molecule has 1 amide bonds. The van der Waals surface area contributed by atoms with Gasteiger partial charge in [0.2, 0.25) is 0 Å². The van der Waals surface area contributed by atoms with Crippen LogP contribution in [0, 0.1) is 0 Å². The molecule has 31 heavy (non-hydrogen) atoms. The number of allylic oxidation sites excluding steroid dienone is 1. The predicted octanol–water partition coefficient (Wildman–Crippen LogP) is 3.55. The Labute approximate surface area is 177 Å². The van der Waals surface area contributed by atoms with Crippen molar-refractivity contribution in [3.63, 3.8) is 0 Å². The standard InChI is InChI=1S/C21H23F3N4O3/c1-13(2)27-19(28-15-5-7-16(8-6-15)31-21(22,23)24)17-9-4-14(12-18(17)25-3)20(30)26-10-11-29/h4-9,12,25,29H,1,10-11H2,2-3H3,(H,26,30)(H,27,28). The maximum absolute atomic E-state index is 12.3. The van der Waals surface area contributed by atoms with Crippen LogP contribution in [0.5, 0.6) is 5.75 Å². The van der Waals surface area contributed by atoms with Crippen LogP contribution in [0.3, 0.4) is 0 Å². The lowest BCUT2D eigenvalue weighted by Gasteiger charge is -2.16. The third-order valence-corrected chi connectivity index (χ3v) is 3.85. The third kappa shape index (κ3) is 7.34. The molecule has 0 aromatic heterocycles. The minimum atomic E-state index is -4.77. The summed E-state index contributed by atoms with van der Waals surface area (Å²) in [5.41, 5.74) is 2.54. The first-order valence-corrected chi connectivity index (χ1v) is 9.21. The number of hydrogen-bond donors (Lipinski definition) is 4. The zero-order chi connectivity index (χ0) is 23.0. The van der Waals surface area contributed by atoms with E-state index in [0.717, 1.165) is 12.1 Å². The van der Waals surface area contributed by atoms with E-state index in [1.807, 2.05) is 0 Å². The number of aliphatic hydroxyl groups excluding tert-OH is 1. The van der Waals surface area contributed by atoms with Gasteiger partial charge in [-0.25, -0.2) is 4.99 Å². The zero-order valence-corrected chi connectivity index (χ0v) is 17.0. The van der Waals surface area contributed by atoms with Gasteiger partial charge in [-0.3, -0.25) is 4.79 Å². The van der Waals surface area contributed by atoms with Crippen LogP contribution in [0.4, 0.5) is 24.5 Å². The van der Waals surface area contributed by atoms with E-state index in [1.165, 1.54) is 12.1 Å². The van der Waals surface area contributed by atoms with Gasteiger partial charge in [0.05, 0.1) is 12.3 Å². The summed E-state index contributed by atoms with van der Waals surface area (Å²) >= 11 is 0. The number of amidine groups is 1. The van der Waals surface area contributed by atoms with Crippen molar-refractivity contribution in [3.05, 3.63) is 65.9 Å². The van der Waals surface area contributed by atoms with Crippen LogP contribution in [-0.4, -0.2) is 43.4 Å². The summed E-state index contributed by atoms with van der Waals surface area (Å²) in [6, 6.07) is 10.00. The van der Waals surface area contributed by atoms with Gasteiger partial charge in [-0.1, -0.05) is 6.58 Å². The maximum atomic E-state index is 12.3. The molecule has 0 spiro atoms. The molecule has 0 saturated carbocycles. The average Bonchev–Trinajstić information content (AvgIpc) is 2.71. The molecule has 10 heteroatoms. The molecule has 0 aliphatic carbocycles. The highest BCUT2D eigenvalue weighted by atomic mass is 19.4. The first kappa shape index (κ1) is 23.7. The van der Waals surface area contributed by atoms with E-state index in [9.17, 15) is 18.0 Å². The Bertz CT molecular complexity index is 957. The van der Waals surface area contributed by atoms with Crippen LogP contribution in [0.2, 0.25) is 0 Å². The van der Waals surface area contributed by atoms with Gasteiger partial charge in [-0.05, 0) is 49.4 Å². The number of carbonyl (C=O) groups is 1. The molecule has 0 aliphatic rings. The van der Waals surface area contributed by atoms with Gasteiger partial charge >= 0.3 is 6.36 Å². The van der Waals surface area contributed by atoms with Crippen LogP contribution in [0.25, 0.3) is 0 Å². The van der Waals surface area contributed by atoms with Crippen LogP contribution < -0.4 is 20.7 Å². The molecule has 2 rings (SSSR count).